The molecular formula is C25H33NO2. The third kappa shape index (κ3) is 5.15. The molecule has 1 amide bonds. The van der Waals surface area contributed by atoms with Gasteiger partial charge < -0.3 is 10.1 Å². The van der Waals surface area contributed by atoms with Crippen LogP contribution in [0.3, 0.4) is 0 Å². The highest BCUT2D eigenvalue weighted by Gasteiger charge is 2.25. The fourth-order valence-electron chi connectivity index (χ4n) is 4.22. The molecule has 0 aliphatic heterocycles. The van der Waals surface area contributed by atoms with Crippen LogP contribution in [0.25, 0.3) is 0 Å². The quantitative estimate of drug-likeness (QED) is 0.717. The predicted molar refractivity (Wildman–Crippen MR) is 115 cm³/mol. The molecule has 2 aromatic rings. The van der Waals surface area contributed by atoms with Gasteiger partial charge in [-0.15, -0.1) is 0 Å². The van der Waals surface area contributed by atoms with E-state index in [0.29, 0.717) is 0 Å². The second kappa shape index (κ2) is 8.81. The van der Waals surface area contributed by atoms with E-state index in [1.54, 1.807) is 0 Å². The number of rotatable bonds is 7. The SMILES string of the molecule is C[C@H](Oc1ccc2c(c1)CCCC2)C(=O)N[C@@H](C)CC(C)(C)c1ccccc1. The molecule has 0 saturated heterocycles. The molecule has 0 bridgehead atoms. The van der Waals surface area contributed by atoms with Crippen molar-refractivity contribution in [2.24, 2.45) is 0 Å². The van der Waals surface area contributed by atoms with Gasteiger partial charge in [0.1, 0.15) is 5.75 Å². The number of amides is 1. The third-order valence-corrected chi connectivity index (χ3v) is 5.76. The third-order valence-electron chi connectivity index (χ3n) is 5.76. The molecule has 2 atom stereocenters. The van der Waals surface area contributed by atoms with Gasteiger partial charge >= 0.3 is 0 Å². The van der Waals surface area contributed by atoms with Crippen LogP contribution in [-0.2, 0) is 23.1 Å². The van der Waals surface area contributed by atoms with Gasteiger partial charge in [0, 0.05) is 6.04 Å². The maximum Gasteiger partial charge on any atom is 0.260 e. The first kappa shape index (κ1) is 20.4. The number of ether oxygens (including phenoxy) is 1. The second-order valence-electron chi connectivity index (χ2n) is 8.76. The summed E-state index contributed by atoms with van der Waals surface area (Å²) in [7, 11) is 0. The summed E-state index contributed by atoms with van der Waals surface area (Å²) >= 11 is 0. The molecule has 0 aromatic heterocycles. The number of hydrogen-bond acceptors (Lipinski definition) is 2. The van der Waals surface area contributed by atoms with Crippen LogP contribution in [0.15, 0.2) is 48.5 Å². The fourth-order valence-corrected chi connectivity index (χ4v) is 4.22. The van der Waals surface area contributed by atoms with Crippen LogP contribution >= 0.6 is 0 Å². The molecule has 28 heavy (non-hydrogen) atoms. The zero-order valence-corrected chi connectivity index (χ0v) is 17.6. The molecule has 0 heterocycles. The number of aryl methyl sites for hydroxylation is 2. The zero-order chi connectivity index (χ0) is 20.1. The molecule has 3 nitrogen and oxygen atoms in total. The van der Waals surface area contributed by atoms with E-state index in [0.717, 1.165) is 25.0 Å². The van der Waals surface area contributed by atoms with E-state index in [9.17, 15) is 4.79 Å². The van der Waals surface area contributed by atoms with Crippen molar-refractivity contribution in [3.8, 4) is 5.75 Å². The van der Waals surface area contributed by atoms with Gasteiger partial charge in [-0.3, -0.25) is 4.79 Å². The van der Waals surface area contributed by atoms with Gasteiger partial charge in [0.15, 0.2) is 6.10 Å². The normalized spacial score (nSPS) is 16.0. The fraction of sp³-hybridized carbons (Fsp3) is 0.480. The Balaban J connectivity index is 1.55. The Bertz CT molecular complexity index is 797. The van der Waals surface area contributed by atoms with Gasteiger partial charge in [0.05, 0.1) is 0 Å². The van der Waals surface area contributed by atoms with Crippen LogP contribution in [0.2, 0.25) is 0 Å². The molecule has 0 saturated carbocycles. The Hall–Kier alpha value is -2.29. The summed E-state index contributed by atoms with van der Waals surface area (Å²) in [6.45, 7) is 8.33. The summed E-state index contributed by atoms with van der Waals surface area (Å²) in [6.07, 6.45) is 5.13. The molecule has 150 valence electrons. The van der Waals surface area contributed by atoms with Gasteiger partial charge in [-0.1, -0.05) is 50.2 Å². The smallest absolute Gasteiger partial charge is 0.260 e. The molecule has 2 aromatic carbocycles. The minimum atomic E-state index is -0.510. The van der Waals surface area contributed by atoms with Crippen molar-refractivity contribution in [3.05, 3.63) is 65.2 Å². The molecular weight excluding hydrogens is 346 g/mol. The topological polar surface area (TPSA) is 38.3 Å². The van der Waals surface area contributed by atoms with Gasteiger partial charge in [0.25, 0.3) is 5.91 Å². The van der Waals surface area contributed by atoms with Crippen molar-refractivity contribution < 1.29 is 9.53 Å². The van der Waals surface area contributed by atoms with E-state index in [2.05, 4.69) is 62.5 Å². The highest BCUT2D eigenvalue weighted by atomic mass is 16.5. The van der Waals surface area contributed by atoms with Crippen molar-refractivity contribution in [1.82, 2.24) is 5.32 Å². The predicted octanol–water partition coefficient (Wildman–Crippen LogP) is 5.21. The zero-order valence-electron chi connectivity index (χ0n) is 17.6. The van der Waals surface area contributed by atoms with Crippen LogP contribution in [-0.4, -0.2) is 18.1 Å². The Labute approximate surface area is 169 Å². The average Bonchev–Trinajstić information content (AvgIpc) is 2.68. The maximum absolute atomic E-state index is 12.6. The number of carbonyl (C=O) groups is 1. The minimum absolute atomic E-state index is 0.00343. The Morgan fingerprint density at radius 1 is 1.04 bits per heavy atom. The first-order valence-corrected chi connectivity index (χ1v) is 10.5. The van der Waals surface area contributed by atoms with Crippen LogP contribution < -0.4 is 10.1 Å². The van der Waals surface area contributed by atoms with Crippen molar-refractivity contribution in [1.29, 1.82) is 0 Å². The Kier molecular flexibility index (Phi) is 6.43. The average molecular weight is 380 g/mol. The van der Waals surface area contributed by atoms with E-state index in [1.165, 1.54) is 29.5 Å². The van der Waals surface area contributed by atoms with Gasteiger partial charge in [-0.25, -0.2) is 0 Å². The summed E-state index contributed by atoms with van der Waals surface area (Å²) in [4.78, 5) is 12.6. The van der Waals surface area contributed by atoms with Crippen molar-refractivity contribution >= 4 is 5.91 Å². The van der Waals surface area contributed by atoms with Gasteiger partial charge in [0.2, 0.25) is 0 Å². The lowest BCUT2D eigenvalue weighted by atomic mass is 9.79. The lowest BCUT2D eigenvalue weighted by molar-refractivity contribution is -0.128. The van der Waals surface area contributed by atoms with Gasteiger partial charge in [-0.05, 0) is 80.2 Å². The van der Waals surface area contributed by atoms with Gasteiger partial charge in [-0.2, -0.15) is 0 Å². The lowest BCUT2D eigenvalue weighted by Crippen LogP contribution is -2.43. The van der Waals surface area contributed by atoms with Crippen molar-refractivity contribution in [3.63, 3.8) is 0 Å². The highest BCUT2D eigenvalue weighted by molar-refractivity contribution is 5.81. The Morgan fingerprint density at radius 3 is 2.43 bits per heavy atom. The second-order valence-corrected chi connectivity index (χ2v) is 8.76. The number of hydrogen-bond donors (Lipinski definition) is 1. The summed E-state index contributed by atoms with van der Waals surface area (Å²) in [6, 6.07) is 16.8. The molecule has 1 aliphatic rings. The number of benzene rings is 2. The number of nitrogens with one attached hydrogen (secondary N) is 1. The van der Waals surface area contributed by atoms with Crippen LogP contribution in [0.4, 0.5) is 0 Å². The summed E-state index contributed by atoms with van der Waals surface area (Å²) in [5.74, 6) is 0.731. The van der Waals surface area contributed by atoms with Crippen molar-refractivity contribution in [2.45, 2.75) is 77.4 Å². The standard InChI is InChI=1S/C25H33NO2/c1-18(17-25(3,4)22-12-6-5-7-13-22)26-24(27)19(2)28-23-15-14-20-10-8-9-11-21(20)16-23/h5-7,12-16,18-19H,8-11,17H2,1-4H3,(H,26,27)/t18-,19-/m0/s1. The first-order valence-electron chi connectivity index (χ1n) is 10.5. The minimum Gasteiger partial charge on any atom is -0.481 e. The molecule has 0 fully saturated rings. The van der Waals surface area contributed by atoms with Crippen molar-refractivity contribution in [2.75, 3.05) is 0 Å². The van der Waals surface area contributed by atoms with Crippen LogP contribution in [0.1, 0.15) is 63.6 Å². The monoisotopic (exact) mass is 379 g/mol. The molecule has 3 heteroatoms. The largest absolute Gasteiger partial charge is 0.481 e. The number of carbonyl (C=O) groups excluding carboxylic acids is 1. The molecule has 0 spiro atoms. The summed E-state index contributed by atoms with van der Waals surface area (Å²) < 4.78 is 5.95. The van der Waals surface area contributed by atoms with E-state index in [-0.39, 0.29) is 17.4 Å². The van der Waals surface area contributed by atoms with E-state index in [1.807, 2.05) is 19.1 Å². The molecule has 3 rings (SSSR count). The molecule has 1 N–H and O–H groups in total. The number of fused-ring (bicyclic) bond motifs is 1. The lowest BCUT2D eigenvalue weighted by Gasteiger charge is -2.29. The van der Waals surface area contributed by atoms with E-state index < -0.39 is 6.10 Å². The van der Waals surface area contributed by atoms with Crippen LogP contribution in [0.5, 0.6) is 5.75 Å². The van der Waals surface area contributed by atoms with Crippen LogP contribution in [0, 0.1) is 0 Å². The summed E-state index contributed by atoms with van der Waals surface area (Å²) in [5, 5.41) is 3.12. The molecule has 0 unspecified atom stereocenters. The summed E-state index contributed by atoms with van der Waals surface area (Å²) in [5.41, 5.74) is 4.08. The molecule has 0 radical (unpaired) electrons. The highest BCUT2D eigenvalue weighted by Crippen LogP contribution is 2.28. The van der Waals surface area contributed by atoms with E-state index >= 15 is 0 Å². The van der Waals surface area contributed by atoms with E-state index in [4.69, 9.17) is 4.74 Å². The first-order chi connectivity index (χ1) is 13.3. The Morgan fingerprint density at radius 2 is 1.71 bits per heavy atom. The maximum atomic E-state index is 12.6. The molecule has 1 aliphatic carbocycles.